The molecule has 1 atom stereocenters. The molecule has 1 rings (SSSR count). The highest BCUT2D eigenvalue weighted by molar-refractivity contribution is 5.74. The smallest absolute Gasteiger partial charge is 0.320 e. The number of urea groups is 1. The van der Waals surface area contributed by atoms with E-state index in [0.717, 1.165) is 32.7 Å². The lowest BCUT2D eigenvalue weighted by Gasteiger charge is -2.37. The SMILES string of the molecule is CCN(CC)C(=O)N1CCNCC1C. The molecule has 0 aromatic carbocycles. The first-order valence-electron chi connectivity index (χ1n) is 5.47. The number of nitrogens with zero attached hydrogens (tertiary/aromatic N) is 2. The molecule has 1 unspecified atom stereocenters. The van der Waals surface area contributed by atoms with Crippen LogP contribution in [0.4, 0.5) is 4.79 Å². The van der Waals surface area contributed by atoms with Crippen LogP contribution in [0.1, 0.15) is 20.8 Å². The van der Waals surface area contributed by atoms with Gasteiger partial charge in [-0.25, -0.2) is 4.79 Å². The van der Waals surface area contributed by atoms with Crippen molar-refractivity contribution in [2.75, 3.05) is 32.7 Å². The Bertz CT molecular complexity index is 192. The summed E-state index contributed by atoms with van der Waals surface area (Å²) in [5.74, 6) is 0. The summed E-state index contributed by atoms with van der Waals surface area (Å²) in [5, 5.41) is 3.28. The molecule has 4 nitrogen and oxygen atoms in total. The largest absolute Gasteiger partial charge is 0.325 e. The van der Waals surface area contributed by atoms with Crippen LogP contribution in [0.15, 0.2) is 0 Å². The highest BCUT2D eigenvalue weighted by Crippen LogP contribution is 2.06. The average Bonchev–Trinajstić information content (AvgIpc) is 2.20. The molecule has 14 heavy (non-hydrogen) atoms. The molecule has 2 amide bonds. The van der Waals surface area contributed by atoms with E-state index in [1.54, 1.807) is 0 Å². The lowest BCUT2D eigenvalue weighted by atomic mass is 10.2. The van der Waals surface area contributed by atoms with Crippen LogP contribution in [-0.2, 0) is 0 Å². The Labute approximate surface area is 86.2 Å². The van der Waals surface area contributed by atoms with Crippen LogP contribution in [0.2, 0.25) is 0 Å². The van der Waals surface area contributed by atoms with Crippen LogP contribution < -0.4 is 5.32 Å². The van der Waals surface area contributed by atoms with Gasteiger partial charge in [-0.1, -0.05) is 0 Å². The monoisotopic (exact) mass is 199 g/mol. The van der Waals surface area contributed by atoms with E-state index < -0.39 is 0 Å². The Morgan fingerprint density at radius 1 is 1.50 bits per heavy atom. The standard InChI is InChI=1S/C10H21N3O/c1-4-12(5-2)10(14)13-7-6-11-8-9(13)3/h9,11H,4-8H2,1-3H3. The third-order valence-corrected chi connectivity index (χ3v) is 2.78. The zero-order valence-corrected chi connectivity index (χ0v) is 9.42. The maximum atomic E-state index is 12.0. The minimum atomic E-state index is 0.184. The summed E-state index contributed by atoms with van der Waals surface area (Å²) in [6, 6.07) is 0.501. The number of hydrogen-bond donors (Lipinski definition) is 1. The third-order valence-electron chi connectivity index (χ3n) is 2.78. The third kappa shape index (κ3) is 2.38. The molecule has 4 heteroatoms. The first-order chi connectivity index (χ1) is 6.70. The van der Waals surface area contributed by atoms with Crippen LogP contribution in [0.25, 0.3) is 0 Å². The summed E-state index contributed by atoms with van der Waals surface area (Å²) in [4.78, 5) is 15.8. The summed E-state index contributed by atoms with van der Waals surface area (Å²) < 4.78 is 0. The van der Waals surface area contributed by atoms with Gasteiger partial charge in [-0.3, -0.25) is 0 Å². The van der Waals surface area contributed by atoms with Crippen molar-refractivity contribution in [3.63, 3.8) is 0 Å². The Balaban J connectivity index is 2.57. The molecule has 0 spiro atoms. The summed E-state index contributed by atoms with van der Waals surface area (Å²) in [7, 11) is 0. The predicted octanol–water partition coefficient (Wildman–Crippen LogP) is 0.742. The molecule has 0 aromatic rings. The average molecular weight is 199 g/mol. The molecule has 1 heterocycles. The van der Waals surface area contributed by atoms with Crippen LogP contribution in [0.5, 0.6) is 0 Å². The highest BCUT2D eigenvalue weighted by Gasteiger charge is 2.25. The summed E-state index contributed by atoms with van der Waals surface area (Å²) in [6.07, 6.45) is 0. The van der Waals surface area contributed by atoms with Crippen molar-refractivity contribution in [2.24, 2.45) is 0 Å². The van der Waals surface area contributed by atoms with Gasteiger partial charge in [-0.05, 0) is 20.8 Å². The molecule has 82 valence electrons. The normalized spacial score (nSPS) is 22.2. The number of carbonyl (C=O) groups is 1. The Morgan fingerprint density at radius 3 is 2.64 bits per heavy atom. The zero-order valence-electron chi connectivity index (χ0n) is 9.42. The van der Waals surface area contributed by atoms with Crippen molar-refractivity contribution >= 4 is 6.03 Å². The van der Waals surface area contributed by atoms with Crippen molar-refractivity contribution < 1.29 is 4.79 Å². The van der Waals surface area contributed by atoms with Crippen LogP contribution in [-0.4, -0.2) is 54.6 Å². The summed E-state index contributed by atoms with van der Waals surface area (Å²) in [6.45, 7) is 10.4. The van der Waals surface area contributed by atoms with Crippen LogP contribution in [0, 0.1) is 0 Å². The number of hydrogen-bond acceptors (Lipinski definition) is 2. The van der Waals surface area contributed by atoms with E-state index in [-0.39, 0.29) is 6.03 Å². The number of amides is 2. The van der Waals surface area contributed by atoms with Crippen LogP contribution >= 0.6 is 0 Å². The number of carbonyl (C=O) groups excluding carboxylic acids is 1. The van der Waals surface area contributed by atoms with E-state index in [9.17, 15) is 4.79 Å². The quantitative estimate of drug-likeness (QED) is 0.712. The fourth-order valence-electron chi connectivity index (χ4n) is 1.80. The van der Waals surface area contributed by atoms with Gasteiger partial charge in [0.25, 0.3) is 0 Å². The van der Waals surface area contributed by atoms with E-state index in [4.69, 9.17) is 0 Å². The Kier molecular flexibility index (Phi) is 4.20. The maximum absolute atomic E-state index is 12.0. The number of rotatable bonds is 2. The first-order valence-corrected chi connectivity index (χ1v) is 5.47. The molecular formula is C10H21N3O. The molecule has 0 saturated carbocycles. The Hall–Kier alpha value is -0.770. The van der Waals surface area contributed by atoms with Gasteiger partial charge in [0.2, 0.25) is 0 Å². The van der Waals surface area contributed by atoms with Crippen LogP contribution in [0.3, 0.4) is 0 Å². The number of nitrogens with one attached hydrogen (secondary N) is 1. The lowest BCUT2D eigenvalue weighted by Crippen LogP contribution is -2.56. The van der Waals surface area contributed by atoms with E-state index in [1.165, 1.54) is 0 Å². The second-order valence-electron chi connectivity index (χ2n) is 3.70. The van der Waals surface area contributed by atoms with Gasteiger partial charge in [-0.15, -0.1) is 0 Å². The topological polar surface area (TPSA) is 35.6 Å². The van der Waals surface area contributed by atoms with E-state index in [2.05, 4.69) is 12.2 Å². The predicted molar refractivity (Wildman–Crippen MR) is 57.4 cm³/mol. The van der Waals surface area contributed by atoms with Crippen molar-refractivity contribution in [2.45, 2.75) is 26.8 Å². The van der Waals surface area contributed by atoms with Gasteiger partial charge in [-0.2, -0.15) is 0 Å². The molecular weight excluding hydrogens is 178 g/mol. The molecule has 0 aromatic heterocycles. The summed E-state index contributed by atoms with van der Waals surface area (Å²) in [5.41, 5.74) is 0. The fourth-order valence-corrected chi connectivity index (χ4v) is 1.80. The second kappa shape index (κ2) is 5.20. The zero-order chi connectivity index (χ0) is 10.6. The molecule has 1 aliphatic rings. The van der Waals surface area contributed by atoms with Gasteiger partial charge >= 0.3 is 6.03 Å². The van der Waals surface area contributed by atoms with Gasteiger partial charge < -0.3 is 15.1 Å². The van der Waals surface area contributed by atoms with E-state index >= 15 is 0 Å². The molecule has 0 radical (unpaired) electrons. The van der Waals surface area contributed by atoms with Crippen molar-refractivity contribution in [3.8, 4) is 0 Å². The van der Waals surface area contributed by atoms with Crippen molar-refractivity contribution in [1.29, 1.82) is 0 Å². The van der Waals surface area contributed by atoms with Gasteiger partial charge in [0.1, 0.15) is 0 Å². The minimum absolute atomic E-state index is 0.184. The summed E-state index contributed by atoms with van der Waals surface area (Å²) >= 11 is 0. The molecule has 1 fully saturated rings. The van der Waals surface area contributed by atoms with Crippen molar-refractivity contribution in [3.05, 3.63) is 0 Å². The first kappa shape index (κ1) is 11.3. The second-order valence-corrected chi connectivity index (χ2v) is 3.70. The molecule has 1 aliphatic heterocycles. The van der Waals surface area contributed by atoms with Gasteiger partial charge in [0, 0.05) is 38.8 Å². The molecule has 0 aliphatic carbocycles. The Morgan fingerprint density at radius 2 is 2.14 bits per heavy atom. The fraction of sp³-hybridized carbons (Fsp3) is 0.900. The molecule has 1 saturated heterocycles. The number of piperazine rings is 1. The molecule has 1 N–H and O–H groups in total. The maximum Gasteiger partial charge on any atom is 0.320 e. The van der Waals surface area contributed by atoms with Gasteiger partial charge in [0.05, 0.1) is 0 Å². The van der Waals surface area contributed by atoms with Gasteiger partial charge in [0.15, 0.2) is 0 Å². The van der Waals surface area contributed by atoms with E-state index in [1.807, 2.05) is 23.6 Å². The van der Waals surface area contributed by atoms with E-state index in [0.29, 0.717) is 6.04 Å². The molecule has 0 bridgehead atoms. The minimum Gasteiger partial charge on any atom is -0.325 e. The highest BCUT2D eigenvalue weighted by atomic mass is 16.2. The lowest BCUT2D eigenvalue weighted by molar-refractivity contribution is 0.129. The van der Waals surface area contributed by atoms with Crippen molar-refractivity contribution in [1.82, 2.24) is 15.1 Å².